The summed E-state index contributed by atoms with van der Waals surface area (Å²) in [4.78, 5) is 8.38. The number of hydrogen-bond donors (Lipinski definition) is 0. The third-order valence-corrected chi connectivity index (χ3v) is 5.21. The number of benzene rings is 3. The number of rotatable bonds is 2. The molecule has 3 aromatic carbocycles. The molecule has 1 radical (unpaired) electrons. The summed E-state index contributed by atoms with van der Waals surface area (Å²) in [6, 6.07) is 28.2. The van der Waals surface area contributed by atoms with Crippen LogP contribution in [0.3, 0.4) is 0 Å². The monoisotopic (exact) mass is 642 g/mol. The van der Waals surface area contributed by atoms with Crippen LogP contribution in [0.4, 0.5) is 0 Å². The minimum atomic E-state index is -2.18. The van der Waals surface area contributed by atoms with E-state index in [-0.39, 0.29) is 36.8 Å². The average molecular weight is 642 g/mol. The molecule has 3 heterocycles. The molecule has 4 heteroatoms. The van der Waals surface area contributed by atoms with Crippen molar-refractivity contribution in [3.05, 3.63) is 120 Å². The number of nitrogens with zero attached hydrogens (tertiary/aromatic N) is 2. The molecule has 0 fully saturated rings. The van der Waals surface area contributed by atoms with Gasteiger partial charge < -0.3 is 14.4 Å². The van der Waals surface area contributed by atoms with Gasteiger partial charge in [-0.05, 0) is 42.8 Å². The van der Waals surface area contributed by atoms with E-state index >= 15 is 0 Å². The Morgan fingerprint density at radius 2 is 1.63 bits per heavy atom. The van der Waals surface area contributed by atoms with E-state index in [0.29, 0.717) is 28.1 Å². The molecule has 0 saturated carbocycles. The summed E-state index contributed by atoms with van der Waals surface area (Å²) in [5.74, 6) is 0. The molecule has 0 aliphatic rings. The second-order valence-corrected chi connectivity index (χ2v) is 7.55. The molecule has 6 rings (SSSR count). The van der Waals surface area contributed by atoms with Crippen LogP contribution in [0.5, 0.6) is 0 Å². The number of aryl methyl sites for hydroxylation is 3. The fourth-order valence-electron chi connectivity index (χ4n) is 3.59. The zero-order chi connectivity index (χ0) is 31.0. The van der Waals surface area contributed by atoms with Crippen molar-refractivity contribution < 1.29 is 36.9 Å². The molecule has 0 atom stereocenters. The number of para-hydroxylation sites is 1. The van der Waals surface area contributed by atoms with Gasteiger partial charge in [-0.3, -0.25) is 0 Å². The number of fused-ring (bicyclic) bond motifs is 3. The molecule has 0 spiro atoms. The van der Waals surface area contributed by atoms with Crippen molar-refractivity contribution in [1.29, 1.82) is 0 Å². The maximum Gasteiger partial charge on any atom is 0.120 e. The predicted octanol–water partition coefficient (Wildman–Crippen LogP) is 7.92. The molecule has 0 unspecified atom stereocenters. The van der Waals surface area contributed by atoms with E-state index in [1.165, 1.54) is 36.7 Å². The zero-order valence-corrected chi connectivity index (χ0v) is 20.7. The molecule has 0 bridgehead atoms. The van der Waals surface area contributed by atoms with Gasteiger partial charge in [0, 0.05) is 50.2 Å². The van der Waals surface area contributed by atoms with Gasteiger partial charge in [-0.1, -0.05) is 59.8 Å². The van der Waals surface area contributed by atoms with Crippen molar-refractivity contribution in [2.75, 3.05) is 0 Å². The van der Waals surface area contributed by atoms with Gasteiger partial charge in [0.25, 0.3) is 0 Å². The van der Waals surface area contributed by atoms with E-state index in [0.717, 1.165) is 16.4 Å². The van der Waals surface area contributed by atoms with Crippen LogP contribution in [0.1, 0.15) is 29.0 Å². The van der Waals surface area contributed by atoms with Gasteiger partial charge in [-0.25, -0.2) is 0 Å². The van der Waals surface area contributed by atoms with Gasteiger partial charge in [-0.2, -0.15) is 0 Å². The molecule has 0 aliphatic heterocycles. The summed E-state index contributed by atoms with van der Waals surface area (Å²) < 4.78 is 72.3. The van der Waals surface area contributed by atoms with Gasteiger partial charge in [0.05, 0.1) is 5.58 Å². The Morgan fingerprint density at radius 3 is 2.40 bits per heavy atom. The molecule has 6 aromatic rings. The zero-order valence-electron chi connectivity index (χ0n) is 27.3. The molecular weight excluding hydrogens is 609 g/mol. The number of aromatic nitrogens is 2. The summed E-state index contributed by atoms with van der Waals surface area (Å²) in [5.41, 5.74) is 4.47. The van der Waals surface area contributed by atoms with E-state index < -0.39 is 20.6 Å². The molecule has 0 amide bonds. The quantitative estimate of drug-likeness (QED) is 0.180. The van der Waals surface area contributed by atoms with Crippen LogP contribution in [0, 0.1) is 32.7 Å². The van der Waals surface area contributed by atoms with Crippen LogP contribution >= 0.6 is 0 Å². The van der Waals surface area contributed by atoms with Crippen LogP contribution in [0.15, 0.2) is 95.7 Å². The second kappa shape index (κ2) is 10.8. The number of furan rings is 1. The van der Waals surface area contributed by atoms with Crippen LogP contribution in [0.25, 0.3) is 44.5 Å². The van der Waals surface area contributed by atoms with E-state index in [2.05, 4.69) is 22.1 Å². The predicted molar refractivity (Wildman–Crippen MR) is 139 cm³/mol. The molecule has 0 saturated heterocycles. The minimum Gasteiger partial charge on any atom is -0.501 e. The van der Waals surface area contributed by atoms with Crippen LogP contribution in [-0.2, 0) is 20.1 Å². The van der Waals surface area contributed by atoms with E-state index in [1.807, 2.05) is 36.4 Å². The number of hydrogen-bond acceptors (Lipinski definition) is 3. The van der Waals surface area contributed by atoms with E-state index in [4.69, 9.17) is 16.8 Å². The maximum atomic E-state index is 7.55. The molecule has 175 valence electrons. The first-order valence-electron chi connectivity index (χ1n) is 15.0. The van der Waals surface area contributed by atoms with Gasteiger partial charge >= 0.3 is 0 Å². The van der Waals surface area contributed by atoms with Crippen molar-refractivity contribution >= 4 is 21.9 Å². The molecular formula is C31H24IrN2O-2. The largest absolute Gasteiger partial charge is 0.501 e. The standard InChI is InChI=1S/C18H12NO.C13H12N.Ir/c1-12-9-10-19-16(11-12)15-7-4-6-14-13-5-2-3-8-17(13)20-18(14)15;1-10-3-6-12(7-4-10)13-8-5-11(2)9-14-13;/h2-6,8-11H,1H3;3-6,8-9H,1-2H3;/q2*-1;/i1D3;1D3,2D3;. The van der Waals surface area contributed by atoms with Crippen molar-refractivity contribution in [3.63, 3.8) is 0 Å². The van der Waals surface area contributed by atoms with Gasteiger partial charge in [-0.15, -0.1) is 53.6 Å². The number of pyridine rings is 2. The van der Waals surface area contributed by atoms with Crippen molar-refractivity contribution in [2.24, 2.45) is 0 Å². The third kappa shape index (κ3) is 5.40. The minimum absolute atomic E-state index is 0. The summed E-state index contributed by atoms with van der Waals surface area (Å²) in [6.45, 7) is -6.51. The van der Waals surface area contributed by atoms with Gasteiger partial charge in [0.2, 0.25) is 0 Å². The molecule has 0 aliphatic carbocycles. The average Bonchev–Trinajstić information content (AvgIpc) is 3.35. The first-order valence-corrected chi connectivity index (χ1v) is 10.5. The Balaban J connectivity index is 0.000000199. The summed E-state index contributed by atoms with van der Waals surface area (Å²) >= 11 is 0. The fraction of sp³-hybridized carbons (Fsp3) is 0.0968. The Hall–Kier alpha value is -3.59. The van der Waals surface area contributed by atoms with Gasteiger partial charge in [0.15, 0.2) is 0 Å². The first kappa shape index (κ1) is 15.4. The van der Waals surface area contributed by atoms with Crippen LogP contribution in [0.2, 0.25) is 0 Å². The van der Waals surface area contributed by atoms with Gasteiger partial charge in [0.1, 0.15) is 5.58 Å². The Kier molecular flexibility index (Phi) is 4.74. The molecule has 3 aromatic heterocycles. The molecule has 3 nitrogen and oxygen atoms in total. The van der Waals surface area contributed by atoms with Crippen LogP contribution < -0.4 is 0 Å². The van der Waals surface area contributed by atoms with Crippen molar-refractivity contribution in [2.45, 2.75) is 20.6 Å². The normalized spacial score (nSPS) is 15.4. The Bertz CT molecular complexity index is 1820. The Labute approximate surface area is 231 Å². The fourth-order valence-corrected chi connectivity index (χ4v) is 3.59. The summed E-state index contributed by atoms with van der Waals surface area (Å²) in [6.07, 6.45) is 2.81. The maximum absolute atomic E-state index is 7.55. The van der Waals surface area contributed by atoms with Crippen molar-refractivity contribution in [1.82, 2.24) is 9.97 Å². The Morgan fingerprint density at radius 1 is 0.771 bits per heavy atom. The molecule has 0 N–H and O–H groups in total. The summed E-state index contributed by atoms with van der Waals surface area (Å²) in [7, 11) is 0. The third-order valence-electron chi connectivity index (χ3n) is 5.21. The molecule has 35 heavy (non-hydrogen) atoms. The first-order chi connectivity index (χ1) is 20.2. The van der Waals surface area contributed by atoms with Crippen LogP contribution in [-0.4, -0.2) is 9.97 Å². The second-order valence-electron chi connectivity index (χ2n) is 7.55. The van der Waals surface area contributed by atoms with E-state index in [9.17, 15) is 0 Å². The topological polar surface area (TPSA) is 38.9 Å². The van der Waals surface area contributed by atoms with Crippen molar-refractivity contribution in [3.8, 4) is 22.5 Å². The SMILES string of the molecule is [2H]C([2H])([2H])c1c[c-]c(-c2ccc(C([2H])([2H])[2H])cn2)cc1.[2H]C([2H])([2H])c1ccnc(-c2[c-]ccc3c2oc2ccccc23)c1.[Ir]. The smallest absolute Gasteiger partial charge is 0.120 e. The summed E-state index contributed by atoms with van der Waals surface area (Å²) in [5, 5.41) is 1.99. The van der Waals surface area contributed by atoms with E-state index in [1.54, 1.807) is 18.2 Å².